The van der Waals surface area contributed by atoms with Gasteiger partial charge in [0.2, 0.25) is 0 Å². The van der Waals surface area contributed by atoms with Crippen LogP contribution >= 0.6 is 0 Å². The molecule has 0 saturated heterocycles. The zero-order valence-electron chi connectivity index (χ0n) is 13.5. The van der Waals surface area contributed by atoms with Gasteiger partial charge in [-0.1, -0.05) is 18.1 Å². The van der Waals surface area contributed by atoms with Gasteiger partial charge in [-0.25, -0.2) is 4.79 Å². The molecule has 1 aliphatic rings. The Bertz CT molecular complexity index is 713. The molecule has 7 heteroatoms. The van der Waals surface area contributed by atoms with E-state index in [1.54, 1.807) is 18.9 Å². The number of rotatable bonds is 2. The molecular weight excluding hydrogens is 296 g/mol. The first-order chi connectivity index (χ1) is 11.1. The first-order valence-corrected chi connectivity index (χ1v) is 7.60. The van der Waals surface area contributed by atoms with Crippen LogP contribution in [0.15, 0.2) is 22.7 Å². The summed E-state index contributed by atoms with van der Waals surface area (Å²) >= 11 is 0. The van der Waals surface area contributed by atoms with Crippen molar-refractivity contribution in [3.05, 3.63) is 35.2 Å². The van der Waals surface area contributed by atoms with E-state index in [2.05, 4.69) is 34.5 Å². The number of aromatic nitrogens is 2. The standard InChI is InChI=1S/C16H20N4O3/c1-10-9-20(16(21)18-15-17-11(2)19-23-15)7-6-12-4-5-13(22-3)8-14(10)12/h4-5,8,10H,6-7,9H2,1-3H3,(H,17,18,19,21). The van der Waals surface area contributed by atoms with E-state index >= 15 is 0 Å². The maximum atomic E-state index is 12.4. The molecule has 23 heavy (non-hydrogen) atoms. The molecule has 2 heterocycles. The molecule has 0 aliphatic carbocycles. The number of carbonyl (C=O) groups excluding carboxylic acids is 1. The largest absolute Gasteiger partial charge is 0.497 e. The van der Waals surface area contributed by atoms with Crippen LogP contribution in [0.2, 0.25) is 0 Å². The first kappa shape index (κ1) is 15.3. The van der Waals surface area contributed by atoms with Gasteiger partial charge >= 0.3 is 12.0 Å². The van der Waals surface area contributed by atoms with Crippen LogP contribution in [0.5, 0.6) is 5.75 Å². The highest BCUT2D eigenvalue weighted by Gasteiger charge is 2.24. The van der Waals surface area contributed by atoms with Crippen LogP contribution < -0.4 is 10.1 Å². The number of methoxy groups -OCH3 is 1. The zero-order valence-corrected chi connectivity index (χ0v) is 13.5. The molecule has 1 N–H and O–H groups in total. The van der Waals surface area contributed by atoms with Gasteiger partial charge in [-0.15, -0.1) is 0 Å². The lowest BCUT2D eigenvalue weighted by atomic mass is 9.95. The summed E-state index contributed by atoms with van der Waals surface area (Å²) in [4.78, 5) is 18.2. The molecule has 0 radical (unpaired) electrons. The van der Waals surface area contributed by atoms with E-state index in [4.69, 9.17) is 9.26 Å². The molecule has 2 aromatic rings. The normalized spacial score (nSPS) is 17.3. The summed E-state index contributed by atoms with van der Waals surface area (Å²) in [5.41, 5.74) is 2.48. The molecule has 1 unspecified atom stereocenters. The van der Waals surface area contributed by atoms with E-state index in [1.165, 1.54) is 11.1 Å². The third-order valence-corrected chi connectivity index (χ3v) is 4.06. The number of benzene rings is 1. The van der Waals surface area contributed by atoms with Crippen molar-refractivity contribution in [1.82, 2.24) is 15.0 Å². The molecule has 7 nitrogen and oxygen atoms in total. The van der Waals surface area contributed by atoms with E-state index in [1.807, 2.05) is 6.07 Å². The number of ether oxygens (including phenoxy) is 1. The number of urea groups is 1. The number of hydrogen-bond acceptors (Lipinski definition) is 5. The van der Waals surface area contributed by atoms with Gasteiger partial charge in [-0.05, 0) is 42.5 Å². The van der Waals surface area contributed by atoms with Crippen LogP contribution in [0.25, 0.3) is 0 Å². The van der Waals surface area contributed by atoms with Crippen molar-refractivity contribution < 1.29 is 14.1 Å². The SMILES string of the molecule is COc1ccc2c(c1)C(C)CN(C(=O)Nc1nc(C)no1)CC2. The Labute approximate surface area is 134 Å². The number of fused-ring (bicyclic) bond motifs is 1. The zero-order chi connectivity index (χ0) is 16.4. The molecule has 0 bridgehead atoms. The summed E-state index contributed by atoms with van der Waals surface area (Å²) < 4.78 is 10.2. The van der Waals surface area contributed by atoms with Gasteiger partial charge in [-0.3, -0.25) is 5.32 Å². The fourth-order valence-electron chi connectivity index (χ4n) is 2.86. The van der Waals surface area contributed by atoms with Gasteiger partial charge in [0, 0.05) is 13.1 Å². The fourth-order valence-corrected chi connectivity index (χ4v) is 2.86. The third kappa shape index (κ3) is 3.28. The Balaban J connectivity index is 1.73. The molecular formula is C16H20N4O3. The summed E-state index contributed by atoms with van der Waals surface area (Å²) in [6.07, 6.45) is 0.806. The maximum absolute atomic E-state index is 12.4. The fraction of sp³-hybridized carbons (Fsp3) is 0.438. The minimum absolute atomic E-state index is 0.128. The highest BCUT2D eigenvalue weighted by molar-refractivity contribution is 5.87. The van der Waals surface area contributed by atoms with Gasteiger partial charge in [-0.2, -0.15) is 4.98 Å². The number of nitrogens with one attached hydrogen (secondary N) is 1. The lowest BCUT2D eigenvalue weighted by Crippen LogP contribution is -2.37. The van der Waals surface area contributed by atoms with Crippen molar-refractivity contribution in [2.75, 3.05) is 25.5 Å². The van der Waals surface area contributed by atoms with E-state index < -0.39 is 0 Å². The Morgan fingerprint density at radius 1 is 1.48 bits per heavy atom. The molecule has 2 amide bonds. The summed E-state index contributed by atoms with van der Waals surface area (Å²) in [5, 5.41) is 6.32. The van der Waals surface area contributed by atoms with Crippen LogP contribution in [0, 0.1) is 6.92 Å². The molecule has 3 rings (SSSR count). The van der Waals surface area contributed by atoms with Crippen molar-refractivity contribution in [3.8, 4) is 5.75 Å². The Kier molecular flexibility index (Phi) is 4.18. The van der Waals surface area contributed by atoms with Gasteiger partial charge in [0.1, 0.15) is 5.75 Å². The Morgan fingerprint density at radius 3 is 3.00 bits per heavy atom. The number of carbonyl (C=O) groups is 1. The average Bonchev–Trinajstić information content (AvgIpc) is 2.87. The lowest BCUT2D eigenvalue weighted by Gasteiger charge is -2.22. The van der Waals surface area contributed by atoms with Crippen molar-refractivity contribution in [1.29, 1.82) is 0 Å². The van der Waals surface area contributed by atoms with E-state index in [0.717, 1.165) is 12.2 Å². The smallest absolute Gasteiger partial charge is 0.329 e. The molecule has 0 fully saturated rings. The second-order valence-corrected chi connectivity index (χ2v) is 5.74. The Hall–Kier alpha value is -2.57. The number of nitrogens with zero attached hydrogens (tertiary/aromatic N) is 3. The van der Waals surface area contributed by atoms with Crippen LogP contribution in [-0.2, 0) is 6.42 Å². The topological polar surface area (TPSA) is 80.5 Å². The van der Waals surface area contributed by atoms with Gasteiger partial charge in [0.25, 0.3) is 0 Å². The summed E-state index contributed by atoms with van der Waals surface area (Å²) in [7, 11) is 1.66. The summed E-state index contributed by atoms with van der Waals surface area (Å²) in [6.45, 7) is 5.08. The number of aryl methyl sites for hydroxylation is 1. The molecule has 0 saturated carbocycles. The van der Waals surface area contributed by atoms with Gasteiger partial charge in [0.15, 0.2) is 5.82 Å². The average molecular weight is 316 g/mol. The predicted octanol–water partition coefficient (Wildman–Crippen LogP) is 2.58. The van der Waals surface area contributed by atoms with E-state index in [0.29, 0.717) is 18.9 Å². The van der Waals surface area contributed by atoms with Crippen LogP contribution in [-0.4, -0.2) is 41.3 Å². The molecule has 122 valence electrons. The second-order valence-electron chi connectivity index (χ2n) is 5.74. The molecule has 1 atom stereocenters. The molecule has 0 spiro atoms. The maximum Gasteiger partial charge on any atom is 0.329 e. The molecule has 1 aromatic carbocycles. The monoisotopic (exact) mass is 316 g/mol. The second kappa shape index (κ2) is 6.28. The Morgan fingerprint density at radius 2 is 2.30 bits per heavy atom. The van der Waals surface area contributed by atoms with E-state index in [9.17, 15) is 4.79 Å². The van der Waals surface area contributed by atoms with Gasteiger partial charge in [0.05, 0.1) is 7.11 Å². The third-order valence-electron chi connectivity index (χ3n) is 4.06. The van der Waals surface area contributed by atoms with Crippen molar-refractivity contribution in [2.24, 2.45) is 0 Å². The predicted molar refractivity (Wildman–Crippen MR) is 84.7 cm³/mol. The molecule has 1 aromatic heterocycles. The lowest BCUT2D eigenvalue weighted by molar-refractivity contribution is 0.210. The van der Waals surface area contributed by atoms with E-state index in [-0.39, 0.29) is 18.0 Å². The number of amides is 2. The minimum Gasteiger partial charge on any atom is -0.497 e. The first-order valence-electron chi connectivity index (χ1n) is 7.60. The van der Waals surface area contributed by atoms with Gasteiger partial charge < -0.3 is 14.2 Å². The number of anilines is 1. The van der Waals surface area contributed by atoms with Crippen molar-refractivity contribution >= 4 is 12.0 Å². The van der Waals surface area contributed by atoms with Crippen molar-refractivity contribution in [3.63, 3.8) is 0 Å². The van der Waals surface area contributed by atoms with Crippen molar-refractivity contribution in [2.45, 2.75) is 26.2 Å². The minimum atomic E-state index is -0.222. The highest BCUT2D eigenvalue weighted by Crippen LogP contribution is 2.29. The molecule has 1 aliphatic heterocycles. The van der Waals surface area contributed by atoms with Crippen LogP contribution in [0.3, 0.4) is 0 Å². The van der Waals surface area contributed by atoms with Crippen LogP contribution in [0.1, 0.15) is 29.8 Å². The quantitative estimate of drug-likeness (QED) is 0.921. The summed E-state index contributed by atoms with van der Waals surface area (Å²) in [5.74, 6) is 1.55. The summed E-state index contributed by atoms with van der Waals surface area (Å²) in [6, 6.07) is 6.00. The van der Waals surface area contributed by atoms with Crippen LogP contribution in [0.4, 0.5) is 10.8 Å². The number of hydrogen-bond donors (Lipinski definition) is 1. The highest BCUT2D eigenvalue weighted by atomic mass is 16.5.